The lowest BCUT2D eigenvalue weighted by atomic mass is 9.79. The van der Waals surface area contributed by atoms with Crippen molar-refractivity contribution in [3.8, 4) is 6.07 Å². The first kappa shape index (κ1) is 12.9. The van der Waals surface area contributed by atoms with E-state index in [0.29, 0.717) is 24.0 Å². The first-order valence-corrected chi connectivity index (χ1v) is 6.68. The smallest absolute Gasteiger partial charge is 0.0991 e. The van der Waals surface area contributed by atoms with Crippen molar-refractivity contribution in [3.05, 3.63) is 29.8 Å². The zero-order valence-electron chi connectivity index (χ0n) is 10.6. The molecule has 1 aromatic carbocycles. The Balaban J connectivity index is 1.87. The van der Waals surface area contributed by atoms with E-state index >= 15 is 0 Å². The van der Waals surface area contributed by atoms with E-state index in [1.54, 1.807) is 0 Å². The molecule has 0 bridgehead atoms. The summed E-state index contributed by atoms with van der Waals surface area (Å²) in [6, 6.07) is 9.65. The van der Waals surface area contributed by atoms with Gasteiger partial charge in [-0.1, -0.05) is 12.8 Å². The molecule has 0 saturated heterocycles. The number of aliphatic hydroxyl groups excluding tert-OH is 1. The molecule has 1 aromatic rings. The van der Waals surface area contributed by atoms with Crippen molar-refractivity contribution in [2.24, 2.45) is 11.8 Å². The van der Waals surface area contributed by atoms with Gasteiger partial charge in [-0.05, 0) is 48.9 Å². The number of aliphatic hydroxyl groups is 1. The minimum atomic E-state index is 0.305. The van der Waals surface area contributed by atoms with Gasteiger partial charge in [0.15, 0.2) is 0 Å². The van der Waals surface area contributed by atoms with Crippen molar-refractivity contribution < 1.29 is 5.11 Å². The number of hydrogen-bond acceptors (Lipinski definition) is 3. The van der Waals surface area contributed by atoms with Crippen LogP contribution in [0.1, 0.15) is 31.2 Å². The maximum atomic E-state index is 9.36. The highest BCUT2D eigenvalue weighted by atomic mass is 16.3. The highest BCUT2D eigenvalue weighted by Crippen LogP contribution is 2.29. The minimum Gasteiger partial charge on any atom is -0.396 e. The van der Waals surface area contributed by atoms with Crippen LogP contribution in [0.25, 0.3) is 0 Å². The molecule has 2 rings (SSSR count). The van der Waals surface area contributed by atoms with Crippen LogP contribution in [0, 0.1) is 23.2 Å². The van der Waals surface area contributed by atoms with Gasteiger partial charge in [0.05, 0.1) is 11.6 Å². The van der Waals surface area contributed by atoms with Crippen LogP contribution in [0.3, 0.4) is 0 Å². The largest absolute Gasteiger partial charge is 0.396 e. The van der Waals surface area contributed by atoms with Crippen LogP contribution in [-0.2, 0) is 0 Å². The van der Waals surface area contributed by atoms with Gasteiger partial charge in [0.25, 0.3) is 0 Å². The molecule has 1 fully saturated rings. The maximum Gasteiger partial charge on any atom is 0.0991 e. The molecule has 0 spiro atoms. The molecule has 1 aliphatic rings. The number of nitrogens with one attached hydrogen (secondary N) is 1. The molecule has 2 unspecified atom stereocenters. The number of anilines is 1. The summed E-state index contributed by atoms with van der Waals surface area (Å²) in [4.78, 5) is 0. The molecule has 0 heterocycles. The minimum absolute atomic E-state index is 0.305. The predicted molar refractivity (Wildman–Crippen MR) is 72.2 cm³/mol. The molecule has 0 aromatic heterocycles. The Morgan fingerprint density at radius 1 is 1.17 bits per heavy atom. The highest BCUT2D eigenvalue weighted by molar-refractivity contribution is 5.47. The molecule has 96 valence electrons. The molecule has 2 N–H and O–H groups in total. The molecular weight excluding hydrogens is 224 g/mol. The predicted octanol–water partition coefficient (Wildman–Crippen LogP) is 2.77. The molecule has 3 nitrogen and oxygen atoms in total. The summed E-state index contributed by atoms with van der Waals surface area (Å²) in [5.41, 5.74) is 1.74. The average Bonchev–Trinajstić information content (AvgIpc) is 2.46. The Kier molecular flexibility index (Phi) is 4.60. The summed E-state index contributed by atoms with van der Waals surface area (Å²) in [5.74, 6) is 1.02. The highest BCUT2D eigenvalue weighted by Gasteiger charge is 2.23. The molecule has 2 atom stereocenters. The standard InChI is InChI=1S/C15H20N2O/c16-9-12-5-7-15(8-6-12)17-10-13-3-1-2-4-14(13)11-18/h5-8,13-14,17-18H,1-4,10-11H2. The summed E-state index contributed by atoms with van der Waals surface area (Å²) in [6.07, 6.45) is 4.87. The number of hydrogen-bond donors (Lipinski definition) is 2. The van der Waals surface area contributed by atoms with Gasteiger partial charge in [0, 0.05) is 18.8 Å². The SMILES string of the molecule is N#Cc1ccc(NCC2CCCCC2CO)cc1. The van der Waals surface area contributed by atoms with Crippen molar-refractivity contribution in [1.29, 1.82) is 5.26 Å². The molecule has 0 amide bonds. The van der Waals surface area contributed by atoms with Crippen molar-refractivity contribution in [2.45, 2.75) is 25.7 Å². The Bertz CT molecular complexity index is 407. The van der Waals surface area contributed by atoms with E-state index in [0.717, 1.165) is 18.7 Å². The van der Waals surface area contributed by atoms with Crippen LogP contribution in [0.5, 0.6) is 0 Å². The van der Waals surface area contributed by atoms with E-state index in [1.807, 2.05) is 24.3 Å². The second-order valence-corrected chi connectivity index (χ2v) is 5.06. The monoisotopic (exact) mass is 244 g/mol. The molecule has 1 saturated carbocycles. The first-order valence-electron chi connectivity index (χ1n) is 6.68. The summed E-state index contributed by atoms with van der Waals surface area (Å²) < 4.78 is 0. The molecule has 3 heteroatoms. The van der Waals surface area contributed by atoms with E-state index in [2.05, 4.69) is 11.4 Å². The Labute approximate surface area is 108 Å². The third-order valence-electron chi connectivity index (χ3n) is 3.88. The number of nitrogens with zero attached hydrogens (tertiary/aromatic N) is 1. The van der Waals surface area contributed by atoms with Crippen LogP contribution in [-0.4, -0.2) is 18.3 Å². The van der Waals surface area contributed by atoms with Crippen LogP contribution < -0.4 is 5.32 Å². The van der Waals surface area contributed by atoms with Crippen molar-refractivity contribution >= 4 is 5.69 Å². The zero-order chi connectivity index (χ0) is 12.8. The van der Waals surface area contributed by atoms with Gasteiger partial charge in [0.1, 0.15) is 0 Å². The zero-order valence-corrected chi connectivity index (χ0v) is 10.6. The third-order valence-corrected chi connectivity index (χ3v) is 3.88. The van der Waals surface area contributed by atoms with E-state index in [-0.39, 0.29) is 0 Å². The van der Waals surface area contributed by atoms with E-state index in [4.69, 9.17) is 5.26 Å². The third kappa shape index (κ3) is 3.24. The van der Waals surface area contributed by atoms with E-state index in [9.17, 15) is 5.11 Å². The summed E-state index contributed by atoms with van der Waals surface area (Å²) in [6.45, 7) is 1.22. The Morgan fingerprint density at radius 2 is 1.83 bits per heavy atom. The van der Waals surface area contributed by atoms with Crippen LogP contribution in [0.4, 0.5) is 5.69 Å². The second-order valence-electron chi connectivity index (χ2n) is 5.06. The molecule has 0 aliphatic heterocycles. The van der Waals surface area contributed by atoms with Gasteiger partial charge >= 0.3 is 0 Å². The van der Waals surface area contributed by atoms with Gasteiger partial charge < -0.3 is 10.4 Å². The Morgan fingerprint density at radius 3 is 2.44 bits per heavy atom. The molecule has 18 heavy (non-hydrogen) atoms. The van der Waals surface area contributed by atoms with Gasteiger partial charge in [-0.25, -0.2) is 0 Å². The van der Waals surface area contributed by atoms with Gasteiger partial charge in [0.2, 0.25) is 0 Å². The summed E-state index contributed by atoms with van der Waals surface area (Å²) in [7, 11) is 0. The number of nitriles is 1. The normalized spacial score (nSPS) is 23.3. The van der Waals surface area contributed by atoms with Gasteiger partial charge in [-0.2, -0.15) is 5.26 Å². The topological polar surface area (TPSA) is 56.0 Å². The van der Waals surface area contributed by atoms with Crippen LogP contribution in [0.15, 0.2) is 24.3 Å². The van der Waals surface area contributed by atoms with Crippen LogP contribution in [0.2, 0.25) is 0 Å². The van der Waals surface area contributed by atoms with Crippen molar-refractivity contribution in [3.63, 3.8) is 0 Å². The summed E-state index contributed by atoms with van der Waals surface area (Å²) >= 11 is 0. The molecule has 0 radical (unpaired) electrons. The lowest BCUT2D eigenvalue weighted by Gasteiger charge is -2.30. The molecule has 1 aliphatic carbocycles. The first-order chi connectivity index (χ1) is 8.83. The van der Waals surface area contributed by atoms with E-state index < -0.39 is 0 Å². The maximum absolute atomic E-state index is 9.36. The fraction of sp³-hybridized carbons (Fsp3) is 0.533. The van der Waals surface area contributed by atoms with Crippen molar-refractivity contribution in [1.82, 2.24) is 0 Å². The van der Waals surface area contributed by atoms with Crippen LogP contribution >= 0.6 is 0 Å². The number of rotatable bonds is 4. The van der Waals surface area contributed by atoms with Crippen molar-refractivity contribution in [2.75, 3.05) is 18.5 Å². The van der Waals surface area contributed by atoms with Gasteiger partial charge in [-0.3, -0.25) is 0 Å². The average molecular weight is 244 g/mol. The quantitative estimate of drug-likeness (QED) is 0.856. The molecular formula is C15H20N2O. The second kappa shape index (κ2) is 6.42. The fourth-order valence-corrected chi connectivity index (χ4v) is 2.71. The number of benzene rings is 1. The lowest BCUT2D eigenvalue weighted by molar-refractivity contribution is 0.141. The van der Waals surface area contributed by atoms with E-state index in [1.165, 1.54) is 19.3 Å². The Hall–Kier alpha value is -1.53. The van der Waals surface area contributed by atoms with Gasteiger partial charge in [-0.15, -0.1) is 0 Å². The summed E-state index contributed by atoms with van der Waals surface area (Å²) in [5, 5.41) is 21.5. The lowest BCUT2D eigenvalue weighted by Crippen LogP contribution is -2.28. The fourth-order valence-electron chi connectivity index (χ4n) is 2.71.